The van der Waals surface area contributed by atoms with E-state index in [0.29, 0.717) is 0 Å². The molecule has 2 aliphatic heterocycles. The summed E-state index contributed by atoms with van der Waals surface area (Å²) < 4.78 is 53.7. The number of imide groups is 2. The average molecular weight is 447 g/mol. The first kappa shape index (κ1) is 22.6. The summed E-state index contributed by atoms with van der Waals surface area (Å²) in [5.41, 5.74) is 0.465. The molecule has 11 nitrogen and oxygen atoms in total. The predicted molar refractivity (Wildman–Crippen MR) is 90.8 cm³/mol. The van der Waals surface area contributed by atoms with Crippen LogP contribution in [0.5, 0.6) is 0 Å². The number of alkyl halides is 3. The Balaban J connectivity index is 1.49. The predicted octanol–water partition coefficient (Wildman–Crippen LogP) is 0.399. The number of nitrogens with two attached hydrogens (primary N) is 1. The van der Waals surface area contributed by atoms with Crippen LogP contribution in [0.4, 0.5) is 18.0 Å². The van der Waals surface area contributed by atoms with Crippen LogP contribution in [0.3, 0.4) is 0 Å². The van der Waals surface area contributed by atoms with Crippen molar-refractivity contribution in [2.45, 2.75) is 18.7 Å². The summed E-state index contributed by atoms with van der Waals surface area (Å²) in [4.78, 5) is 49.7. The molecule has 0 aromatic heterocycles. The summed E-state index contributed by atoms with van der Waals surface area (Å²) in [5.74, 6) is 3.02. The van der Waals surface area contributed by atoms with Crippen LogP contribution in [0, 0.1) is 0 Å². The number of carbonyl (C=O) groups is 4. The van der Waals surface area contributed by atoms with Gasteiger partial charge in [0.05, 0.1) is 37.0 Å². The van der Waals surface area contributed by atoms with E-state index in [4.69, 9.17) is 15.3 Å². The Morgan fingerprint density at radius 2 is 1.65 bits per heavy atom. The van der Waals surface area contributed by atoms with Crippen molar-refractivity contribution in [3.8, 4) is 0 Å². The van der Waals surface area contributed by atoms with E-state index < -0.39 is 55.7 Å². The van der Waals surface area contributed by atoms with Gasteiger partial charge < -0.3 is 14.2 Å². The van der Waals surface area contributed by atoms with Gasteiger partial charge in [-0.25, -0.2) is 10.6 Å². The summed E-state index contributed by atoms with van der Waals surface area (Å²) in [5, 5.41) is -0.0272. The van der Waals surface area contributed by atoms with Gasteiger partial charge in [-0.2, -0.15) is 5.01 Å². The molecule has 1 fully saturated rings. The second-order valence-corrected chi connectivity index (χ2v) is 6.30. The van der Waals surface area contributed by atoms with Gasteiger partial charge in [-0.1, -0.05) is 12.1 Å². The smallest absolute Gasteiger partial charge is 0.446 e. The van der Waals surface area contributed by atoms with Crippen molar-refractivity contribution in [2.75, 3.05) is 26.4 Å². The number of benzene rings is 1. The molecule has 0 unspecified atom stereocenters. The molecule has 1 aromatic rings. The summed E-state index contributed by atoms with van der Waals surface area (Å²) in [6.45, 7) is -2.35. The van der Waals surface area contributed by atoms with Crippen molar-refractivity contribution < 1.29 is 51.3 Å². The van der Waals surface area contributed by atoms with Gasteiger partial charge in [0.25, 0.3) is 11.8 Å². The zero-order valence-corrected chi connectivity index (χ0v) is 15.7. The Morgan fingerprint density at radius 1 is 1.10 bits per heavy atom. The Bertz CT molecular complexity index is 851. The van der Waals surface area contributed by atoms with E-state index >= 15 is 0 Å². The van der Waals surface area contributed by atoms with Gasteiger partial charge in [-0.05, 0) is 12.1 Å². The normalized spacial score (nSPS) is 21.1. The van der Waals surface area contributed by atoms with Gasteiger partial charge in [0.2, 0.25) is 6.29 Å². The fourth-order valence-corrected chi connectivity index (χ4v) is 2.88. The fraction of sp³-hybridized carbons (Fsp3) is 0.412. The minimum Gasteiger partial charge on any atom is -0.446 e. The molecule has 0 saturated carbocycles. The molecule has 1 aromatic carbocycles. The number of amides is 4. The van der Waals surface area contributed by atoms with E-state index in [0.717, 1.165) is 4.90 Å². The van der Waals surface area contributed by atoms with E-state index in [-0.39, 0.29) is 29.3 Å². The first-order valence-electron chi connectivity index (χ1n) is 8.76. The lowest BCUT2D eigenvalue weighted by Gasteiger charge is -2.33. The number of hydrogen-bond donors (Lipinski definition) is 1. The van der Waals surface area contributed by atoms with Gasteiger partial charge in [0.1, 0.15) is 6.61 Å². The highest BCUT2D eigenvalue weighted by molar-refractivity contribution is 6.21. The fourth-order valence-electron chi connectivity index (χ4n) is 2.88. The standard InChI is InChI=1S/C17H16F3N3O8/c18-17(19,20)31-6-5-28-16(27)23(21)14(26)15-29-7-9(8-30-15)22-12(24)10-3-1-2-4-11(10)13(22)25/h1-4,9,15H,5-8,21H2. The number of hydrogen-bond acceptors (Lipinski definition) is 9. The summed E-state index contributed by atoms with van der Waals surface area (Å²) in [6.07, 6.45) is -7.99. The minimum absolute atomic E-state index is 0.0272. The van der Waals surface area contributed by atoms with Crippen molar-refractivity contribution in [3.05, 3.63) is 35.4 Å². The summed E-state index contributed by atoms with van der Waals surface area (Å²) >= 11 is 0. The van der Waals surface area contributed by atoms with E-state index in [1.165, 1.54) is 12.1 Å². The summed E-state index contributed by atoms with van der Waals surface area (Å²) in [6, 6.07) is 5.41. The Labute approximate surface area is 172 Å². The number of halogens is 3. The lowest BCUT2D eigenvalue weighted by Crippen LogP contribution is -2.55. The number of hydrazine groups is 1. The molecule has 0 spiro atoms. The molecular formula is C17H16F3N3O8. The van der Waals surface area contributed by atoms with E-state index in [2.05, 4.69) is 9.47 Å². The van der Waals surface area contributed by atoms with Crippen molar-refractivity contribution in [1.82, 2.24) is 9.91 Å². The van der Waals surface area contributed by atoms with Crippen LogP contribution < -0.4 is 5.84 Å². The first-order valence-corrected chi connectivity index (χ1v) is 8.76. The van der Waals surface area contributed by atoms with Crippen LogP contribution in [0.1, 0.15) is 20.7 Å². The van der Waals surface area contributed by atoms with Gasteiger partial charge in [-0.3, -0.25) is 24.0 Å². The number of rotatable bonds is 5. The van der Waals surface area contributed by atoms with Crippen LogP contribution in [-0.2, 0) is 23.7 Å². The maximum Gasteiger partial charge on any atom is 0.522 e. The molecule has 14 heteroatoms. The Morgan fingerprint density at radius 3 is 2.16 bits per heavy atom. The molecule has 2 N–H and O–H groups in total. The molecule has 2 aliphatic rings. The van der Waals surface area contributed by atoms with Crippen molar-refractivity contribution in [2.24, 2.45) is 5.84 Å². The van der Waals surface area contributed by atoms with Crippen LogP contribution in [0.15, 0.2) is 24.3 Å². The molecule has 0 aliphatic carbocycles. The second-order valence-electron chi connectivity index (χ2n) is 6.30. The molecule has 3 rings (SSSR count). The third-order valence-corrected chi connectivity index (χ3v) is 4.28. The molecule has 31 heavy (non-hydrogen) atoms. The number of nitrogens with zero attached hydrogens (tertiary/aromatic N) is 2. The number of ether oxygens (including phenoxy) is 4. The highest BCUT2D eigenvalue weighted by Crippen LogP contribution is 2.26. The lowest BCUT2D eigenvalue weighted by atomic mass is 10.1. The van der Waals surface area contributed by atoms with Crippen molar-refractivity contribution in [1.29, 1.82) is 0 Å². The van der Waals surface area contributed by atoms with Crippen LogP contribution in [0.25, 0.3) is 0 Å². The SMILES string of the molecule is NN(C(=O)OCCOC(F)(F)F)C(=O)C1OCC(N2C(=O)c3ccccc3C2=O)CO1. The zero-order chi connectivity index (χ0) is 22.8. The minimum atomic E-state index is -4.90. The maximum absolute atomic E-state index is 12.5. The van der Waals surface area contributed by atoms with Crippen LogP contribution >= 0.6 is 0 Å². The van der Waals surface area contributed by atoms with E-state index in [1.807, 2.05) is 0 Å². The third kappa shape index (κ3) is 4.99. The van der Waals surface area contributed by atoms with Crippen molar-refractivity contribution >= 4 is 23.8 Å². The van der Waals surface area contributed by atoms with E-state index in [9.17, 15) is 32.3 Å². The highest BCUT2D eigenvalue weighted by atomic mass is 19.4. The highest BCUT2D eigenvalue weighted by Gasteiger charge is 2.43. The van der Waals surface area contributed by atoms with Crippen LogP contribution in [0.2, 0.25) is 0 Å². The van der Waals surface area contributed by atoms with Gasteiger partial charge in [-0.15, -0.1) is 13.2 Å². The molecular weight excluding hydrogens is 431 g/mol. The molecule has 1 saturated heterocycles. The third-order valence-electron chi connectivity index (χ3n) is 4.28. The van der Waals surface area contributed by atoms with Gasteiger partial charge >= 0.3 is 18.4 Å². The maximum atomic E-state index is 12.5. The number of carbonyl (C=O) groups excluding carboxylic acids is 4. The average Bonchev–Trinajstić information content (AvgIpc) is 3.00. The summed E-state index contributed by atoms with van der Waals surface area (Å²) in [7, 11) is 0. The Hall–Kier alpha value is -3.07. The molecule has 0 bridgehead atoms. The quantitative estimate of drug-likeness (QED) is 0.223. The molecule has 168 valence electrons. The molecule has 2 heterocycles. The van der Waals surface area contributed by atoms with Crippen LogP contribution in [-0.4, -0.2) is 78.8 Å². The van der Waals surface area contributed by atoms with Gasteiger partial charge in [0, 0.05) is 0 Å². The van der Waals surface area contributed by atoms with E-state index in [1.54, 1.807) is 12.1 Å². The topological polar surface area (TPSA) is 138 Å². The largest absolute Gasteiger partial charge is 0.522 e. The number of fused-ring (bicyclic) bond motifs is 1. The zero-order valence-electron chi connectivity index (χ0n) is 15.7. The lowest BCUT2D eigenvalue weighted by molar-refractivity contribution is -0.326. The first-order chi connectivity index (χ1) is 14.6. The molecule has 0 radical (unpaired) electrons. The molecule has 4 amide bonds. The Kier molecular flexibility index (Phi) is 6.54. The van der Waals surface area contributed by atoms with Crippen molar-refractivity contribution in [3.63, 3.8) is 0 Å². The van der Waals surface area contributed by atoms with Gasteiger partial charge in [0.15, 0.2) is 0 Å². The second kappa shape index (κ2) is 8.97. The molecule has 0 atom stereocenters. The monoisotopic (exact) mass is 447 g/mol.